The van der Waals surface area contributed by atoms with Crippen LogP contribution in [0.2, 0.25) is 0 Å². The molecule has 0 unspecified atom stereocenters. The predicted molar refractivity (Wildman–Crippen MR) is 125 cm³/mol. The van der Waals surface area contributed by atoms with Crippen molar-refractivity contribution in [3.63, 3.8) is 0 Å². The number of aromatic nitrogens is 5. The largest absolute Gasteiger partial charge is 0.486 e. The number of nitrogens with zero attached hydrogens (tertiary/aromatic N) is 5. The molecule has 0 saturated carbocycles. The molecule has 0 fully saturated rings. The lowest BCUT2D eigenvalue weighted by atomic mass is 9.85. The van der Waals surface area contributed by atoms with Gasteiger partial charge in [0.2, 0.25) is 0 Å². The normalized spacial score (nSPS) is 15.2. The molecule has 0 spiro atoms. The maximum Gasteiger partial charge on any atom is 0.170 e. The third kappa shape index (κ3) is 3.39. The van der Waals surface area contributed by atoms with E-state index in [1.54, 1.807) is 0 Å². The Morgan fingerprint density at radius 3 is 2.41 bits per heavy atom. The maximum absolute atomic E-state index is 12.9. The van der Waals surface area contributed by atoms with Crippen molar-refractivity contribution in [2.75, 3.05) is 0 Å². The summed E-state index contributed by atoms with van der Waals surface area (Å²) in [5.74, 6) is 0.789. The quantitative estimate of drug-likeness (QED) is 0.389. The molecule has 0 amide bonds. The van der Waals surface area contributed by atoms with Crippen molar-refractivity contribution in [2.24, 2.45) is 0 Å². The highest BCUT2D eigenvalue weighted by Crippen LogP contribution is 2.40. The Hall–Kier alpha value is -3.13. The van der Waals surface area contributed by atoms with Crippen LogP contribution in [0, 0.1) is 0 Å². The fraction of sp³-hybridized carbons (Fsp3) is 0.375. The van der Waals surface area contributed by atoms with Crippen molar-refractivity contribution in [1.82, 2.24) is 25.2 Å². The molecule has 5 rings (SSSR count). The number of ether oxygens (including phenoxy) is 1. The van der Waals surface area contributed by atoms with Gasteiger partial charge in [0.05, 0.1) is 17.5 Å². The Morgan fingerprint density at radius 1 is 1.03 bits per heavy atom. The molecule has 0 bridgehead atoms. The summed E-state index contributed by atoms with van der Waals surface area (Å²) in [7, 11) is 0. The van der Waals surface area contributed by atoms with Crippen LogP contribution in [0.15, 0.2) is 36.4 Å². The Balaban J connectivity index is 1.46. The molecule has 2 aromatic heterocycles. The highest BCUT2D eigenvalue weighted by Gasteiger charge is 2.37. The predicted octanol–water partition coefficient (Wildman–Crippen LogP) is 5.72. The van der Waals surface area contributed by atoms with Crippen molar-refractivity contribution in [3.8, 4) is 26.9 Å². The van der Waals surface area contributed by atoms with Crippen molar-refractivity contribution < 1.29 is 9.53 Å². The maximum atomic E-state index is 12.9. The van der Waals surface area contributed by atoms with Crippen LogP contribution < -0.4 is 4.74 Å². The minimum absolute atomic E-state index is 0.125. The molecule has 164 valence electrons. The Labute approximate surface area is 190 Å². The molecule has 7 nitrogen and oxygen atoms in total. The van der Waals surface area contributed by atoms with Gasteiger partial charge in [-0.3, -0.25) is 4.79 Å². The van der Waals surface area contributed by atoms with Crippen LogP contribution in [0.5, 0.6) is 5.75 Å². The number of fused-ring (bicyclic) bond motifs is 2. The monoisotopic (exact) mass is 447 g/mol. The molecular formula is C24H25N5O2S. The van der Waals surface area contributed by atoms with Crippen molar-refractivity contribution in [3.05, 3.63) is 42.0 Å². The lowest BCUT2D eigenvalue weighted by Gasteiger charge is -2.36. The second-order valence-corrected chi connectivity index (χ2v) is 9.52. The summed E-state index contributed by atoms with van der Waals surface area (Å²) in [5.41, 5.74) is 3.89. The second-order valence-electron chi connectivity index (χ2n) is 8.55. The van der Waals surface area contributed by atoms with Gasteiger partial charge in [-0.25, -0.2) is 4.68 Å². The van der Waals surface area contributed by atoms with Crippen LogP contribution >= 0.6 is 11.3 Å². The van der Waals surface area contributed by atoms with Gasteiger partial charge in [0.15, 0.2) is 5.78 Å². The average molecular weight is 448 g/mol. The summed E-state index contributed by atoms with van der Waals surface area (Å²) in [6.07, 6.45) is 2.03. The third-order valence-corrected chi connectivity index (χ3v) is 7.28. The number of benzene rings is 2. The first-order valence-electron chi connectivity index (χ1n) is 11.0. The summed E-state index contributed by atoms with van der Waals surface area (Å²) < 4.78 is 8.15. The minimum Gasteiger partial charge on any atom is -0.486 e. The van der Waals surface area contributed by atoms with Gasteiger partial charge in [0, 0.05) is 17.2 Å². The van der Waals surface area contributed by atoms with Gasteiger partial charge in [-0.1, -0.05) is 30.4 Å². The molecule has 0 radical (unpaired) electrons. The average Bonchev–Trinajstić information content (AvgIpc) is 3.46. The zero-order valence-electron chi connectivity index (χ0n) is 18.6. The van der Waals surface area contributed by atoms with E-state index in [9.17, 15) is 4.79 Å². The molecule has 8 heteroatoms. The lowest BCUT2D eigenvalue weighted by Crippen LogP contribution is -2.40. The highest BCUT2D eigenvalue weighted by atomic mass is 32.1. The van der Waals surface area contributed by atoms with Gasteiger partial charge in [-0.15, -0.1) is 15.3 Å². The van der Waals surface area contributed by atoms with E-state index in [0.717, 1.165) is 45.0 Å². The van der Waals surface area contributed by atoms with Crippen molar-refractivity contribution >= 4 is 28.2 Å². The van der Waals surface area contributed by atoms with Gasteiger partial charge in [-0.2, -0.15) is 0 Å². The smallest absolute Gasteiger partial charge is 0.170 e. The van der Waals surface area contributed by atoms with Crippen molar-refractivity contribution in [1.29, 1.82) is 0 Å². The summed E-state index contributed by atoms with van der Waals surface area (Å²) in [6, 6.07) is 12.0. The topological polar surface area (TPSA) is 82.8 Å². The second kappa shape index (κ2) is 7.78. The fourth-order valence-electron chi connectivity index (χ4n) is 4.18. The van der Waals surface area contributed by atoms with E-state index < -0.39 is 5.60 Å². The summed E-state index contributed by atoms with van der Waals surface area (Å²) >= 11 is 1.49. The van der Waals surface area contributed by atoms with E-state index in [1.807, 2.05) is 41.1 Å². The zero-order valence-corrected chi connectivity index (χ0v) is 19.4. The van der Waals surface area contributed by atoms with E-state index in [1.165, 1.54) is 11.3 Å². The number of Topliss-reactive ketones (excluding diaryl/α,β-unsaturated/α-hetero) is 1. The number of carbonyl (C=O) groups is 1. The summed E-state index contributed by atoms with van der Waals surface area (Å²) in [5, 5.41) is 18.9. The van der Waals surface area contributed by atoms with Crippen LogP contribution in [-0.4, -0.2) is 36.6 Å². The van der Waals surface area contributed by atoms with Crippen LogP contribution in [-0.2, 0) is 0 Å². The Bertz CT molecular complexity index is 1320. The molecule has 0 saturated heterocycles. The van der Waals surface area contributed by atoms with Crippen LogP contribution in [0.1, 0.15) is 63.4 Å². The molecule has 3 heterocycles. The minimum atomic E-state index is -0.391. The molecule has 0 aliphatic carbocycles. The van der Waals surface area contributed by atoms with Gasteiger partial charge in [0.25, 0.3) is 0 Å². The zero-order chi connectivity index (χ0) is 22.5. The van der Waals surface area contributed by atoms with E-state index in [0.29, 0.717) is 17.7 Å². The van der Waals surface area contributed by atoms with Crippen molar-refractivity contribution in [2.45, 2.75) is 58.6 Å². The molecule has 2 aromatic carbocycles. The first-order valence-corrected chi connectivity index (χ1v) is 11.8. The standard InChI is InChI=1S/C24H25N5O2S/c1-5-24(6-2)13-20(30)17-11-15(8-10-21(17)31-24)22-26-27-23(32-22)16-7-9-19-18(12-16)25-28-29(19)14(3)4/h7-12,14H,5-6,13H2,1-4H3. The van der Waals surface area contributed by atoms with Gasteiger partial charge < -0.3 is 4.74 Å². The van der Waals surface area contributed by atoms with E-state index in [-0.39, 0.29) is 11.8 Å². The van der Waals surface area contributed by atoms with Crippen LogP contribution in [0.25, 0.3) is 32.2 Å². The van der Waals surface area contributed by atoms with E-state index >= 15 is 0 Å². The fourth-order valence-corrected chi connectivity index (χ4v) is 5.02. The molecule has 32 heavy (non-hydrogen) atoms. The van der Waals surface area contributed by atoms with Crippen LogP contribution in [0.4, 0.5) is 0 Å². The molecule has 0 atom stereocenters. The first-order chi connectivity index (χ1) is 15.4. The number of ketones is 1. The number of hydrogen-bond acceptors (Lipinski definition) is 7. The SMILES string of the molecule is CCC1(CC)CC(=O)c2cc(-c3nnc(-c4ccc5c(c4)nnn5C(C)C)s3)ccc2O1. The highest BCUT2D eigenvalue weighted by molar-refractivity contribution is 7.17. The lowest BCUT2D eigenvalue weighted by molar-refractivity contribution is 0.0350. The molecule has 1 aliphatic rings. The van der Waals surface area contributed by atoms with E-state index in [4.69, 9.17) is 4.74 Å². The number of hydrogen-bond donors (Lipinski definition) is 0. The molecular weight excluding hydrogens is 422 g/mol. The Kier molecular flexibility index (Phi) is 5.04. The summed E-state index contributed by atoms with van der Waals surface area (Å²) in [6.45, 7) is 8.30. The Morgan fingerprint density at radius 2 is 1.72 bits per heavy atom. The van der Waals surface area contributed by atoms with Gasteiger partial charge in [-0.05, 0) is 63.1 Å². The van der Waals surface area contributed by atoms with Crippen LogP contribution in [0.3, 0.4) is 0 Å². The third-order valence-electron chi connectivity index (χ3n) is 6.26. The summed E-state index contributed by atoms with van der Waals surface area (Å²) in [4.78, 5) is 12.9. The van der Waals surface area contributed by atoms with E-state index in [2.05, 4.69) is 48.2 Å². The molecule has 0 N–H and O–H groups in total. The van der Waals surface area contributed by atoms with Gasteiger partial charge in [0.1, 0.15) is 26.9 Å². The number of rotatable bonds is 5. The number of carbonyl (C=O) groups excluding carboxylic acids is 1. The molecule has 1 aliphatic heterocycles. The molecule has 4 aromatic rings. The first kappa shape index (κ1) is 20.8. The van der Waals surface area contributed by atoms with Gasteiger partial charge >= 0.3 is 0 Å².